The van der Waals surface area contributed by atoms with Crippen LogP contribution in [0.5, 0.6) is 0 Å². The molecule has 1 aliphatic carbocycles. The van der Waals surface area contributed by atoms with Crippen LogP contribution >= 0.6 is 11.6 Å². The van der Waals surface area contributed by atoms with Gasteiger partial charge in [-0.1, -0.05) is 23.7 Å². The number of para-hydroxylation sites is 1. The molecule has 2 N–H and O–H groups in total. The first-order chi connectivity index (χ1) is 13.3. The first kappa shape index (κ1) is 19.6. The van der Waals surface area contributed by atoms with Crippen molar-refractivity contribution in [3.8, 4) is 0 Å². The lowest BCUT2D eigenvalue weighted by Gasteiger charge is -2.17. The fourth-order valence-electron chi connectivity index (χ4n) is 2.65. The Kier molecular flexibility index (Phi) is 5.79. The maximum atomic E-state index is 12.6. The zero-order chi connectivity index (χ0) is 20.3. The van der Waals surface area contributed by atoms with E-state index in [1.165, 1.54) is 30.1 Å². The molecule has 0 aromatic heterocycles. The van der Waals surface area contributed by atoms with Crippen LogP contribution in [0, 0.1) is 10.1 Å². The zero-order valence-electron chi connectivity index (χ0n) is 15.1. The number of hydrogen-bond donors (Lipinski definition) is 2. The van der Waals surface area contributed by atoms with Gasteiger partial charge in [-0.3, -0.25) is 19.7 Å². The van der Waals surface area contributed by atoms with Gasteiger partial charge < -0.3 is 15.5 Å². The standard InChI is InChI=1S/C19H19ClN4O4/c1-23(11-18(25)22-15-5-3-2-4-14(15)20)19(26)12-6-9-16(21-13-7-8-13)17(10-12)24(27)28/h2-6,9-10,13,21H,7-8,11H2,1H3,(H,22,25). The van der Waals surface area contributed by atoms with Crippen molar-refractivity contribution in [3.63, 3.8) is 0 Å². The molecule has 2 aromatic carbocycles. The van der Waals surface area contributed by atoms with Gasteiger partial charge >= 0.3 is 0 Å². The van der Waals surface area contributed by atoms with Crippen LogP contribution in [0.25, 0.3) is 0 Å². The number of likely N-dealkylation sites (N-methyl/N-ethyl adjacent to an activating group) is 1. The molecule has 8 nitrogen and oxygen atoms in total. The van der Waals surface area contributed by atoms with Gasteiger partial charge in [0.25, 0.3) is 11.6 Å². The molecule has 1 aliphatic rings. The lowest BCUT2D eigenvalue weighted by Crippen LogP contribution is -2.35. The highest BCUT2D eigenvalue weighted by molar-refractivity contribution is 6.33. The van der Waals surface area contributed by atoms with Gasteiger partial charge in [0.05, 0.1) is 22.2 Å². The molecule has 0 saturated heterocycles. The maximum Gasteiger partial charge on any atom is 0.293 e. The number of nitrogens with zero attached hydrogens (tertiary/aromatic N) is 2. The number of amides is 2. The number of benzene rings is 2. The van der Waals surface area contributed by atoms with E-state index in [1.807, 2.05) is 0 Å². The summed E-state index contributed by atoms with van der Waals surface area (Å²) in [5, 5.41) is 17.4. The predicted octanol–water partition coefficient (Wildman–Crippen LogP) is 3.53. The molecule has 0 bridgehead atoms. The topological polar surface area (TPSA) is 105 Å². The predicted molar refractivity (Wildman–Crippen MR) is 107 cm³/mol. The fraction of sp³-hybridized carbons (Fsp3) is 0.263. The molecule has 2 aromatic rings. The first-order valence-electron chi connectivity index (χ1n) is 8.70. The summed E-state index contributed by atoms with van der Waals surface area (Å²) in [5.74, 6) is -0.916. The zero-order valence-corrected chi connectivity index (χ0v) is 15.9. The number of hydrogen-bond acceptors (Lipinski definition) is 5. The van der Waals surface area contributed by atoms with Crippen LogP contribution in [0.15, 0.2) is 42.5 Å². The fourth-order valence-corrected chi connectivity index (χ4v) is 2.83. The van der Waals surface area contributed by atoms with Gasteiger partial charge in [0.2, 0.25) is 5.91 Å². The highest BCUT2D eigenvalue weighted by Gasteiger charge is 2.26. The minimum absolute atomic E-state index is 0.140. The summed E-state index contributed by atoms with van der Waals surface area (Å²) in [7, 11) is 1.46. The summed E-state index contributed by atoms with van der Waals surface area (Å²) >= 11 is 6.00. The van der Waals surface area contributed by atoms with Crippen LogP contribution < -0.4 is 10.6 Å². The van der Waals surface area contributed by atoms with Gasteiger partial charge in [-0.25, -0.2) is 0 Å². The van der Waals surface area contributed by atoms with E-state index in [0.29, 0.717) is 16.4 Å². The molecule has 2 amide bonds. The Morgan fingerprint density at radius 3 is 2.57 bits per heavy atom. The Morgan fingerprint density at radius 2 is 1.93 bits per heavy atom. The minimum atomic E-state index is -0.522. The van der Waals surface area contributed by atoms with Gasteiger partial charge in [0.1, 0.15) is 5.69 Å². The van der Waals surface area contributed by atoms with Crippen molar-refractivity contribution in [2.24, 2.45) is 0 Å². The van der Waals surface area contributed by atoms with Crippen molar-refractivity contribution in [1.29, 1.82) is 0 Å². The smallest absolute Gasteiger partial charge is 0.293 e. The van der Waals surface area contributed by atoms with Crippen LogP contribution in [-0.4, -0.2) is 41.3 Å². The SMILES string of the molecule is CN(CC(=O)Nc1ccccc1Cl)C(=O)c1ccc(NC2CC2)c([N+](=O)[O-])c1. The van der Waals surface area contributed by atoms with Crippen molar-refractivity contribution < 1.29 is 14.5 Å². The summed E-state index contributed by atoms with van der Waals surface area (Å²) in [6.45, 7) is -0.222. The van der Waals surface area contributed by atoms with Crippen molar-refractivity contribution in [2.75, 3.05) is 24.2 Å². The molecule has 1 fully saturated rings. The summed E-state index contributed by atoms with van der Waals surface area (Å²) < 4.78 is 0. The third-order valence-corrected chi connectivity index (χ3v) is 4.58. The highest BCUT2D eigenvalue weighted by atomic mass is 35.5. The second-order valence-corrected chi connectivity index (χ2v) is 7.00. The van der Waals surface area contributed by atoms with Crippen molar-refractivity contribution in [2.45, 2.75) is 18.9 Å². The molecule has 0 aliphatic heterocycles. The molecule has 0 heterocycles. The van der Waals surface area contributed by atoms with Gasteiger partial charge in [0.15, 0.2) is 0 Å². The summed E-state index contributed by atoms with van der Waals surface area (Å²) in [6, 6.07) is 11.3. The molecule has 28 heavy (non-hydrogen) atoms. The Balaban J connectivity index is 1.68. The van der Waals surface area contributed by atoms with Gasteiger partial charge in [-0.05, 0) is 37.1 Å². The molecule has 0 atom stereocenters. The molecular weight excluding hydrogens is 384 g/mol. The van der Waals surface area contributed by atoms with Crippen LogP contribution in [0.4, 0.5) is 17.1 Å². The summed E-state index contributed by atoms with van der Waals surface area (Å²) in [4.78, 5) is 36.8. The molecule has 9 heteroatoms. The number of rotatable bonds is 7. The number of nitro benzene ring substituents is 1. The third kappa shape index (κ3) is 4.77. The van der Waals surface area contributed by atoms with Gasteiger partial charge in [0, 0.05) is 24.7 Å². The summed E-state index contributed by atoms with van der Waals surface area (Å²) in [6.07, 6.45) is 1.95. The largest absolute Gasteiger partial charge is 0.377 e. The number of nitro groups is 1. The Hall–Kier alpha value is -3.13. The Morgan fingerprint density at radius 1 is 1.21 bits per heavy atom. The number of carbonyl (C=O) groups is 2. The maximum absolute atomic E-state index is 12.6. The monoisotopic (exact) mass is 402 g/mol. The Bertz CT molecular complexity index is 930. The summed E-state index contributed by atoms with van der Waals surface area (Å²) in [5.41, 5.74) is 0.817. The van der Waals surface area contributed by atoms with E-state index in [1.54, 1.807) is 24.3 Å². The van der Waals surface area contributed by atoms with Crippen molar-refractivity contribution in [1.82, 2.24) is 4.90 Å². The van der Waals surface area contributed by atoms with E-state index >= 15 is 0 Å². The molecule has 0 spiro atoms. The lowest BCUT2D eigenvalue weighted by atomic mass is 10.1. The average molecular weight is 403 g/mol. The van der Waals surface area contributed by atoms with Crippen molar-refractivity contribution in [3.05, 3.63) is 63.2 Å². The lowest BCUT2D eigenvalue weighted by molar-refractivity contribution is -0.384. The molecule has 146 valence electrons. The first-order valence-corrected chi connectivity index (χ1v) is 9.08. The number of anilines is 2. The van der Waals surface area contributed by atoms with E-state index in [4.69, 9.17) is 11.6 Å². The number of carbonyl (C=O) groups excluding carboxylic acids is 2. The van der Waals surface area contributed by atoms with Crippen LogP contribution in [0.3, 0.4) is 0 Å². The van der Waals surface area contributed by atoms with Crippen LogP contribution in [0.1, 0.15) is 23.2 Å². The highest BCUT2D eigenvalue weighted by Crippen LogP contribution is 2.31. The van der Waals surface area contributed by atoms with E-state index in [-0.39, 0.29) is 23.8 Å². The number of halogens is 1. The second-order valence-electron chi connectivity index (χ2n) is 6.60. The third-order valence-electron chi connectivity index (χ3n) is 4.25. The second kappa shape index (κ2) is 8.26. The van der Waals surface area contributed by atoms with Gasteiger partial charge in [-0.15, -0.1) is 0 Å². The van der Waals surface area contributed by atoms with Crippen LogP contribution in [-0.2, 0) is 4.79 Å². The molecular formula is C19H19ClN4O4. The molecule has 0 unspecified atom stereocenters. The van der Waals surface area contributed by atoms with Gasteiger partial charge in [-0.2, -0.15) is 0 Å². The Labute approximate surface area is 166 Å². The van der Waals surface area contributed by atoms with Crippen molar-refractivity contribution >= 4 is 40.5 Å². The minimum Gasteiger partial charge on any atom is -0.377 e. The molecule has 3 rings (SSSR count). The van der Waals surface area contributed by atoms with Crippen LogP contribution in [0.2, 0.25) is 5.02 Å². The number of nitrogens with one attached hydrogen (secondary N) is 2. The van der Waals surface area contributed by atoms with E-state index < -0.39 is 16.7 Å². The average Bonchev–Trinajstić information content (AvgIpc) is 3.47. The van der Waals surface area contributed by atoms with E-state index in [9.17, 15) is 19.7 Å². The molecule has 1 saturated carbocycles. The molecule has 0 radical (unpaired) electrons. The quantitative estimate of drug-likeness (QED) is 0.544. The van der Waals surface area contributed by atoms with E-state index in [2.05, 4.69) is 10.6 Å². The van der Waals surface area contributed by atoms with E-state index in [0.717, 1.165) is 12.8 Å². The normalized spacial score (nSPS) is 12.9.